The monoisotopic (exact) mass is 247 g/mol. The number of likely N-dealkylation sites (tertiary alicyclic amines) is 1. The Morgan fingerprint density at radius 2 is 1.94 bits per heavy atom. The van der Waals surface area contributed by atoms with Crippen LogP contribution in [0.4, 0.5) is 0 Å². The van der Waals surface area contributed by atoms with Crippen molar-refractivity contribution in [2.24, 2.45) is 0 Å². The highest BCUT2D eigenvalue weighted by molar-refractivity contribution is 5.19. The van der Waals surface area contributed by atoms with Crippen molar-refractivity contribution in [1.29, 1.82) is 0 Å². The van der Waals surface area contributed by atoms with Gasteiger partial charge in [-0.15, -0.1) is 0 Å². The summed E-state index contributed by atoms with van der Waals surface area (Å²) in [6.07, 6.45) is 3.31. The molecule has 0 aliphatic carbocycles. The van der Waals surface area contributed by atoms with Gasteiger partial charge in [-0.2, -0.15) is 0 Å². The first-order chi connectivity index (χ1) is 8.65. The first-order valence-corrected chi connectivity index (χ1v) is 7.15. The smallest absolute Gasteiger partial charge is 0.0942 e. The van der Waals surface area contributed by atoms with Gasteiger partial charge in [0.1, 0.15) is 0 Å². The first-order valence-electron chi connectivity index (χ1n) is 7.15. The van der Waals surface area contributed by atoms with Crippen molar-refractivity contribution < 1.29 is 5.11 Å². The quantitative estimate of drug-likeness (QED) is 0.881. The Morgan fingerprint density at radius 3 is 2.56 bits per heavy atom. The fraction of sp³-hybridized carbons (Fsp3) is 0.625. The first kappa shape index (κ1) is 13.6. The van der Waals surface area contributed by atoms with Crippen molar-refractivity contribution in [2.45, 2.75) is 64.3 Å². The summed E-state index contributed by atoms with van der Waals surface area (Å²) in [6, 6.07) is 11.4. The van der Waals surface area contributed by atoms with Gasteiger partial charge in [0, 0.05) is 18.1 Å². The van der Waals surface area contributed by atoms with E-state index < -0.39 is 0 Å². The third kappa shape index (κ3) is 2.60. The summed E-state index contributed by atoms with van der Waals surface area (Å²) in [5, 5.41) is 10.5. The van der Waals surface area contributed by atoms with Crippen LogP contribution in [0.3, 0.4) is 0 Å². The van der Waals surface area contributed by atoms with Gasteiger partial charge in [0.05, 0.1) is 6.10 Å². The summed E-state index contributed by atoms with van der Waals surface area (Å²) in [5.41, 5.74) is 1.03. The highest BCUT2D eigenvalue weighted by Crippen LogP contribution is 2.32. The molecule has 1 fully saturated rings. The standard InChI is InChI=1S/C16H25NO/c1-4-15-11-10-12(2)17(15)13(3)16(18)14-8-6-5-7-9-14/h5-9,12-13,15-16,18H,4,10-11H2,1-3H3. The van der Waals surface area contributed by atoms with Gasteiger partial charge in [0.15, 0.2) is 0 Å². The Labute approximate surface area is 111 Å². The molecule has 18 heavy (non-hydrogen) atoms. The molecule has 1 aromatic carbocycles. The van der Waals surface area contributed by atoms with Gasteiger partial charge < -0.3 is 5.11 Å². The van der Waals surface area contributed by atoms with Crippen molar-refractivity contribution in [3.8, 4) is 0 Å². The third-order valence-electron chi connectivity index (χ3n) is 4.39. The van der Waals surface area contributed by atoms with Crippen molar-refractivity contribution >= 4 is 0 Å². The number of aliphatic hydroxyl groups is 1. The largest absolute Gasteiger partial charge is 0.387 e. The van der Waals surface area contributed by atoms with Crippen LogP contribution >= 0.6 is 0 Å². The zero-order valence-electron chi connectivity index (χ0n) is 11.7. The van der Waals surface area contributed by atoms with E-state index in [2.05, 4.69) is 25.7 Å². The molecule has 1 N–H and O–H groups in total. The van der Waals surface area contributed by atoms with Gasteiger partial charge in [-0.3, -0.25) is 4.90 Å². The SMILES string of the molecule is CCC1CCC(C)N1C(C)C(O)c1ccccc1. The minimum absolute atomic E-state index is 0.190. The summed E-state index contributed by atoms with van der Waals surface area (Å²) in [6.45, 7) is 6.68. The molecule has 100 valence electrons. The van der Waals surface area contributed by atoms with Crippen LogP contribution in [0, 0.1) is 0 Å². The molecule has 1 aliphatic heterocycles. The molecule has 0 radical (unpaired) electrons. The molecule has 4 atom stereocenters. The predicted octanol–water partition coefficient (Wildman–Crippen LogP) is 3.37. The van der Waals surface area contributed by atoms with Crippen LogP contribution in [0.2, 0.25) is 0 Å². The molecule has 0 saturated carbocycles. The Hall–Kier alpha value is -0.860. The lowest BCUT2D eigenvalue weighted by atomic mass is 10.0. The fourth-order valence-electron chi connectivity index (χ4n) is 3.33. The van der Waals surface area contributed by atoms with Crippen LogP contribution in [0.5, 0.6) is 0 Å². The molecule has 1 heterocycles. The number of benzene rings is 1. The summed E-state index contributed by atoms with van der Waals surface area (Å²) >= 11 is 0. The fourth-order valence-corrected chi connectivity index (χ4v) is 3.33. The molecular weight excluding hydrogens is 222 g/mol. The lowest BCUT2D eigenvalue weighted by molar-refractivity contribution is 0.0307. The van der Waals surface area contributed by atoms with Crippen molar-refractivity contribution in [3.63, 3.8) is 0 Å². The summed E-state index contributed by atoms with van der Waals surface area (Å²) in [4.78, 5) is 2.51. The molecule has 1 saturated heterocycles. The van der Waals surface area contributed by atoms with E-state index in [9.17, 15) is 5.11 Å². The lowest BCUT2D eigenvalue weighted by Gasteiger charge is -2.36. The number of hydrogen-bond acceptors (Lipinski definition) is 2. The maximum atomic E-state index is 10.5. The maximum absolute atomic E-state index is 10.5. The Morgan fingerprint density at radius 1 is 1.28 bits per heavy atom. The van der Waals surface area contributed by atoms with Gasteiger partial charge >= 0.3 is 0 Å². The topological polar surface area (TPSA) is 23.5 Å². The van der Waals surface area contributed by atoms with E-state index in [-0.39, 0.29) is 12.1 Å². The molecule has 0 aromatic heterocycles. The second kappa shape index (κ2) is 5.85. The molecule has 2 heteroatoms. The molecule has 1 aliphatic rings. The van der Waals surface area contributed by atoms with Crippen LogP contribution in [0.25, 0.3) is 0 Å². The minimum atomic E-state index is -0.388. The Balaban J connectivity index is 2.13. The minimum Gasteiger partial charge on any atom is -0.387 e. The number of nitrogens with zero attached hydrogens (tertiary/aromatic N) is 1. The van der Waals surface area contributed by atoms with E-state index in [4.69, 9.17) is 0 Å². The zero-order chi connectivity index (χ0) is 13.1. The van der Waals surface area contributed by atoms with Crippen LogP contribution < -0.4 is 0 Å². The summed E-state index contributed by atoms with van der Waals surface area (Å²) in [5.74, 6) is 0. The molecule has 2 rings (SSSR count). The van der Waals surface area contributed by atoms with E-state index in [1.807, 2.05) is 30.3 Å². The number of rotatable bonds is 4. The third-order valence-corrected chi connectivity index (χ3v) is 4.39. The van der Waals surface area contributed by atoms with Gasteiger partial charge in [0.2, 0.25) is 0 Å². The summed E-state index contributed by atoms with van der Waals surface area (Å²) in [7, 11) is 0. The molecule has 0 amide bonds. The van der Waals surface area contributed by atoms with Crippen LogP contribution in [0.1, 0.15) is 51.7 Å². The Bertz CT molecular complexity index is 365. The van der Waals surface area contributed by atoms with Crippen molar-refractivity contribution in [3.05, 3.63) is 35.9 Å². The number of aliphatic hydroxyl groups excluding tert-OH is 1. The van der Waals surface area contributed by atoms with Crippen molar-refractivity contribution in [2.75, 3.05) is 0 Å². The predicted molar refractivity (Wildman–Crippen MR) is 75.5 cm³/mol. The highest BCUT2D eigenvalue weighted by atomic mass is 16.3. The Kier molecular flexibility index (Phi) is 4.41. The summed E-state index contributed by atoms with van der Waals surface area (Å²) < 4.78 is 0. The van der Waals surface area contributed by atoms with Gasteiger partial charge in [0.25, 0.3) is 0 Å². The van der Waals surface area contributed by atoms with Gasteiger partial charge in [-0.1, -0.05) is 37.3 Å². The van der Waals surface area contributed by atoms with E-state index in [1.54, 1.807) is 0 Å². The van der Waals surface area contributed by atoms with E-state index in [0.29, 0.717) is 12.1 Å². The van der Waals surface area contributed by atoms with Crippen LogP contribution in [-0.4, -0.2) is 28.1 Å². The molecular formula is C16H25NO. The second-order valence-electron chi connectivity index (χ2n) is 5.53. The number of hydrogen-bond donors (Lipinski definition) is 1. The van der Waals surface area contributed by atoms with Crippen LogP contribution in [0.15, 0.2) is 30.3 Å². The normalized spacial score (nSPS) is 28.2. The molecule has 2 nitrogen and oxygen atoms in total. The highest BCUT2D eigenvalue weighted by Gasteiger charge is 2.35. The molecule has 1 aromatic rings. The van der Waals surface area contributed by atoms with Crippen molar-refractivity contribution in [1.82, 2.24) is 4.90 Å². The van der Waals surface area contributed by atoms with E-state index in [1.165, 1.54) is 19.3 Å². The molecule has 0 bridgehead atoms. The van der Waals surface area contributed by atoms with Gasteiger partial charge in [-0.05, 0) is 38.7 Å². The average molecular weight is 247 g/mol. The maximum Gasteiger partial charge on any atom is 0.0942 e. The van der Waals surface area contributed by atoms with E-state index in [0.717, 1.165) is 5.56 Å². The molecule has 0 spiro atoms. The lowest BCUT2D eigenvalue weighted by Crippen LogP contribution is -2.44. The van der Waals surface area contributed by atoms with E-state index >= 15 is 0 Å². The molecule has 4 unspecified atom stereocenters. The second-order valence-corrected chi connectivity index (χ2v) is 5.53. The van der Waals surface area contributed by atoms with Gasteiger partial charge in [-0.25, -0.2) is 0 Å². The zero-order valence-corrected chi connectivity index (χ0v) is 11.7. The average Bonchev–Trinajstić information content (AvgIpc) is 2.79. The van der Waals surface area contributed by atoms with Crippen LogP contribution in [-0.2, 0) is 0 Å².